The van der Waals surface area contributed by atoms with Crippen molar-refractivity contribution in [2.24, 2.45) is 0 Å². The summed E-state index contributed by atoms with van der Waals surface area (Å²) in [6, 6.07) is 11.7. The van der Waals surface area contributed by atoms with E-state index in [1.54, 1.807) is 24.3 Å². The van der Waals surface area contributed by atoms with Gasteiger partial charge in [-0.05, 0) is 46.2 Å². The number of aromatic hydroxyl groups is 1. The molecular formula is C22H28O5Zn. The number of carbonyl (C=O) groups is 2. The molecule has 0 aliphatic heterocycles. The van der Waals surface area contributed by atoms with E-state index < -0.39 is 11.9 Å². The molecule has 0 amide bonds. The van der Waals surface area contributed by atoms with Crippen molar-refractivity contribution in [3.8, 4) is 5.75 Å². The number of carboxylic acids is 2. The van der Waals surface area contributed by atoms with Gasteiger partial charge in [0.05, 0.1) is 5.56 Å². The third-order valence-corrected chi connectivity index (χ3v) is 4.07. The van der Waals surface area contributed by atoms with Gasteiger partial charge in [0.15, 0.2) is 0 Å². The molecule has 0 bridgehead atoms. The zero-order chi connectivity index (χ0) is 21.0. The van der Waals surface area contributed by atoms with Gasteiger partial charge in [0.25, 0.3) is 0 Å². The summed E-state index contributed by atoms with van der Waals surface area (Å²) < 4.78 is 0. The van der Waals surface area contributed by atoms with Crippen LogP contribution in [0.15, 0.2) is 42.5 Å². The first-order valence-electron chi connectivity index (χ1n) is 8.64. The predicted octanol–water partition coefficient (Wildman–Crippen LogP) is 5.07. The molecule has 28 heavy (non-hydrogen) atoms. The molecule has 2 rings (SSSR count). The van der Waals surface area contributed by atoms with Crippen LogP contribution in [0.2, 0.25) is 0 Å². The van der Waals surface area contributed by atoms with Crippen LogP contribution in [-0.2, 0) is 30.3 Å². The first-order valence-corrected chi connectivity index (χ1v) is 8.64. The average molecular weight is 438 g/mol. The summed E-state index contributed by atoms with van der Waals surface area (Å²) in [5, 5.41) is 26.9. The number of rotatable bonds is 2. The molecule has 0 atom stereocenters. The second-order valence-electron chi connectivity index (χ2n) is 8.42. The Morgan fingerprint density at radius 1 is 0.750 bits per heavy atom. The number of hydrogen-bond donors (Lipinski definition) is 3. The molecule has 0 aliphatic rings. The van der Waals surface area contributed by atoms with E-state index in [9.17, 15) is 14.7 Å². The van der Waals surface area contributed by atoms with Crippen LogP contribution in [-0.4, -0.2) is 27.3 Å². The number of aromatic carboxylic acids is 2. The zero-order valence-corrected chi connectivity index (χ0v) is 20.4. The van der Waals surface area contributed by atoms with E-state index in [0.717, 1.165) is 11.1 Å². The van der Waals surface area contributed by atoms with E-state index >= 15 is 0 Å². The predicted molar refractivity (Wildman–Crippen MR) is 106 cm³/mol. The van der Waals surface area contributed by atoms with Crippen LogP contribution in [0.5, 0.6) is 5.75 Å². The van der Waals surface area contributed by atoms with Gasteiger partial charge in [0.1, 0.15) is 11.3 Å². The topological polar surface area (TPSA) is 94.8 Å². The maximum atomic E-state index is 10.7. The van der Waals surface area contributed by atoms with Crippen molar-refractivity contribution >= 4 is 11.9 Å². The summed E-state index contributed by atoms with van der Waals surface area (Å²) in [4.78, 5) is 21.4. The van der Waals surface area contributed by atoms with Crippen LogP contribution in [0.4, 0.5) is 0 Å². The molecule has 0 fully saturated rings. The van der Waals surface area contributed by atoms with E-state index in [0.29, 0.717) is 5.56 Å². The molecule has 0 aromatic heterocycles. The van der Waals surface area contributed by atoms with Crippen molar-refractivity contribution in [1.82, 2.24) is 0 Å². The van der Waals surface area contributed by atoms with E-state index in [1.807, 2.05) is 26.8 Å². The fourth-order valence-corrected chi connectivity index (χ4v) is 2.29. The first-order chi connectivity index (χ1) is 12.2. The average Bonchev–Trinajstić information content (AvgIpc) is 2.53. The summed E-state index contributed by atoms with van der Waals surface area (Å²) in [5.41, 5.74) is 2.15. The minimum atomic E-state index is -1.10. The Labute approximate surface area is 179 Å². The van der Waals surface area contributed by atoms with Crippen molar-refractivity contribution in [2.45, 2.75) is 52.4 Å². The van der Waals surface area contributed by atoms with Gasteiger partial charge in [-0.2, -0.15) is 0 Å². The largest absolute Gasteiger partial charge is 0.507 e. The Bertz CT molecular complexity index is 830. The van der Waals surface area contributed by atoms with Gasteiger partial charge in [-0.3, -0.25) is 0 Å². The smallest absolute Gasteiger partial charge is 0.339 e. The Morgan fingerprint density at radius 3 is 1.68 bits per heavy atom. The third kappa shape index (κ3) is 7.43. The molecule has 5 nitrogen and oxygen atoms in total. The SMILES string of the molecule is CC(C)(C)c1ccc(O)c(C(=O)O)c1.CC(C)(C)c1cccc(C(=O)O)c1.[Zn]. The summed E-state index contributed by atoms with van der Waals surface area (Å²) in [6.45, 7) is 12.2. The van der Waals surface area contributed by atoms with E-state index in [4.69, 9.17) is 10.2 Å². The number of benzene rings is 2. The normalized spacial score (nSPS) is 10.9. The van der Waals surface area contributed by atoms with Gasteiger partial charge >= 0.3 is 11.9 Å². The van der Waals surface area contributed by atoms with E-state index in [2.05, 4.69) is 20.8 Å². The minimum Gasteiger partial charge on any atom is -0.507 e. The van der Waals surface area contributed by atoms with Crippen molar-refractivity contribution in [2.75, 3.05) is 0 Å². The van der Waals surface area contributed by atoms with Crippen LogP contribution in [0.3, 0.4) is 0 Å². The van der Waals surface area contributed by atoms with Gasteiger partial charge in [-0.1, -0.05) is 59.7 Å². The van der Waals surface area contributed by atoms with Crippen LogP contribution in [0.25, 0.3) is 0 Å². The molecule has 0 spiro atoms. The molecule has 0 saturated carbocycles. The summed E-state index contributed by atoms with van der Waals surface area (Å²) in [5.74, 6) is -2.16. The van der Waals surface area contributed by atoms with Crippen molar-refractivity contribution < 1.29 is 44.4 Å². The second-order valence-corrected chi connectivity index (χ2v) is 8.42. The summed E-state index contributed by atoms with van der Waals surface area (Å²) in [6.07, 6.45) is 0. The molecule has 2 aromatic rings. The third-order valence-electron chi connectivity index (χ3n) is 4.07. The van der Waals surface area contributed by atoms with Gasteiger partial charge in [0.2, 0.25) is 0 Å². The standard InChI is InChI=1S/C11H14O3.C11H14O2.Zn/c1-11(2,3)7-4-5-9(12)8(6-7)10(13)14;1-11(2,3)9-6-4-5-8(7-9)10(12)13;/h4-6,12H,1-3H3,(H,13,14);4-7H,1-3H3,(H,12,13);. The molecule has 0 heterocycles. The minimum absolute atomic E-state index is 0. The molecule has 0 aliphatic carbocycles. The fraction of sp³-hybridized carbons (Fsp3) is 0.364. The van der Waals surface area contributed by atoms with Crippen LogP contribution >= 0.6 is 0 Å². The molecule has 0 saturated heterocycles. The monoisotopic (exact) mass is 436 g/mol. The molecule has 3 N–H and O–H groups in total. The van der Waals surface area contributed by atoms with Crippen LogP contribution in [0.1, 0.15) is 73.4 Å². The quantitative estimate of drug-likeness (QED) is 0.570. The maximum absolute atomic E-state index is 10.7. The summed E-state index contributed by atoms with van der Waals surface area (Å²) >= 11 is 0. The van der Waals surface area contributed by atoms with E-state index in [1.165, 1.54) is 12.1 Å². The maximum Gasteiger partial charge on any atom is 0.339 e. The zero-order valence-electron chi connectivity index (χ0n) is 17.4. The molecule has 2 aromatic carbocycles. The van der Waals surface area contributed by atoms with Crippen molar-refractivity contribution in [3.05, 3.63) is 64.7 Å². The Kier molecular flexibility index (Phi) is 9.06. The van der Waals surface area contributed by atoms with Gasteiger partial charge in [-0.15, -0.1) is 0 Å². The first kappa shape index (κ1) is 25.8. The van der Waals surface area contributed by atoms with Gasteiger partial charge < -0.3 is 15.3 Å². The second kappa shape index (κ2) is 9.83. The van der Waals surface area contributed by atoms with Crippen molar-refractivity contribution in [1.29, 1.82) is 0 Å². The number of hydrogen-bond acceptors (Lipinski definition) is 3. The Balaban J connectivity index is 0.000000504. The number of phenols is 1. The molecular weight excluding hydrogens is 410 g/mol. The fourth-order valence-electron chi connectivity index (χ4n) is 2.29. The van der Waals surface area contributed by atoms with Crippen LogP contribution in [0, 0.1) is 0 Å². The molecule has 0 unspecified atom stereocenters. The molecule has 0 radical (unpaired) electrons. The molecule has 148 valence electrons. The Hall–Kier alpha value is -2.20. The summed E-state index contributed by atoms with van der Waals surface area (Å²) in [7, 11) is 0. The van der Waals surface area contributed by atoms with Gasteiger partial charge in [-0.25, -0.2) is 9.59 Å². The Morgan fingerprint density at radius 2 is 1.25 bits per heavy atom. The van der Waals surface area contributed by atoms with Gasteiger partial charge in [0, 0.05) is 19.5 Å². The van der Waals surface area contributed by atoms with E-state index in [-0.39, 0.29) is 41.6 Å². The van der Waals surface area contributed by atoms with Crippen molar-refractivity contribution in [3.63, 3.8) is 0 Å². The molecule has 6 heteroatoms. The van der Waals surface area contributed by atoms with Crippen LogP contribution < -0.4 is 0 Å². The number of carboxylic acid groups (broad SMARTS) is 2.